The fraction of sp³-hybridized carbons (Fsp3) is 0.286. The summed E-state index contributed by atoms with van der Waals surface area (Å²) in [4.78, 5) is 38.6. The number of amides is 2. The van der Waals surface area contributed by atoms with Gasteiger partial charge in [0.15, 0.2) is 0 Å². The SMILES string of the molecule is O=C(N[C@H](C(=O)N1CCC[C@@H](C(=O)O)C1)c1ccccc1)c1ccccc1. The van der Waals surface area contributed by atoms with Crippen LogP contribution in [0.4, 0.5) is 0 Å². The number of hydrogen-bond acceptors (Lipinski definition) is 3. The molecule has 0 aliphatic carbocycles. The molecule has 2 amide bonds. The summed E-state index contributed by atoms with van der Waals surface area (Å²) in [6, 6.07) is 16.9. The van der Waals surface area contributed by atoms with E-state index >= 15 is 0 Å². The van der Waals surface area contributed by atoms with Gasteiger partial charge < -0.3 is 15.3 Å². The standard InChI is InChI=1S/C21H22N2O4/c24-19(16-10-5-2-6-11-16)22-18(15-8-3-1-4-9-15)20(25)23-13-7-12-17(14-23)21(26)27/h1-6,8-11,17-18H,7,12-14H2,(H,22,24)(H,26,27)/t17-,18+/m1/s1. The average molecular weight is 366 g/mol. The van der Waals surface area contributed by atoms with Crippen molar-refractivity contribution in [1.82, 2.24) is 10.2 Å². The molecule has 2 N–H and O–H groups in total. The number of carbonyl (C=O) groups is 3. The summed E-state index contributed by atoms with van der Waals surface area (Å²) in [5.41, 5.74) is 1.14. The van der Waals surface area contributed by atoms with Crippen LogP contribution in [0, 0.1) is 5.92 Å². The lowest BCUT2D eigenvalue weighted by molar-refractivity contribution is -0.146. The van der Waals surface area contributed by atoms with Gasteiger partial charge in [-0.1, -0.05) is 48.5 Å². The minimum atomic E-state index is -0.892. The third kappa shape index (κ3) is 4.53. The van der Waals surface area contributed by atoms with Gasteiger partial charge in [0.05, 0.1) is 5.92 Å². The largest absolute Gasteiger partial charge is 0.481 e. The summed E-state index contributed by atoms with van der Waals surface area (Å²) < 4.78 is 0. The molecule has 27 heavy (non-hydrogen) atoms. The first kappa shape index (κ1) is 18.6. The first-order valence-electron chi connectivity index (χ1n) is 8.98. The Morgan fingerprint density at radius 2 is 1.63 bits per heavy atom. The molecule has 140 valence electrons. The van der Waals surface area contributed by atoms with E-state index in [1.54, 1.807) is 53.4 Å². The Labute approximate surface area is 157 Å². The van der Waals surface area contributed by atoms with Crippen LogP contribution in [0.1, 0.15) is 34.8 Å². The highest BCUT2D eigenvalue weighted by Gasteiger charge is 2.33. The van der Waals surface area contributed by atoms with Crippen LogP contribution in [0.15, 0.2) is 60.7 Å². The molecular weight excluding hydrogens is 344 g/mol. The molecule has 2 atom stereocenters. The van der Waals surface area contributed by atoms with Crippen molar-refractivity contribution in [2.24, 2.45) is 5.92 Å². The van der Waals surface area contributed by atoms with Crippen LogP contribution < -0.4 is 5.32 Å². The minimum absolute atomic E-state index is 0.165. The van der Waals surface area contributed by atoms with Crippen molar-refractivity contribution < 1.29 is 19.5 Å². The van der Waals surface area contributed by atoms with Crippen molar-refractivity contribution in [1.29, 1.82) is 0 Å². The molecule has 1 heterocycles. The minimum Gasteiger partial charge on any atom is -0.481 e. The molecule has 0 aromatic heterocycles. The molecule has 0 radical (unpaired) electrons. The lowest BCUT2D eigenvalue weighted by Crippen LogP contribution is -2.48. The van der Waals surface area contributed by atoms with Crippen molar-refractivity contribution in [2.75, 3.05) is 13.1 Å². The molecule has 0 spiro atoms. The second-order valence-electron chi connectivity index (χ2n) is 6.64. The maximum atomic E-state index is 13.2. The highest BCUT2D eigenvalue weighted by Crippen LogP contribution is 2.22. The third-order valence-corrected chi connectivity index (χ3v) is 4.77. The molecule has 2 aromatic rings. The molecular formula is C21H22N2O4. The Bertz CT molecular complexity index is 807. The summed E-state index contributed by atoms with van der Waals surface area (Å²) >= 11 is 0. The summed E-state index contributed by atoms with van der Waals surface area (Å²) in [7, 11) is 0. The Morgan fingerprint density at radius 3 is 2.26 bits per heavy atom. The van der Waals surface area contributed by atoms with Gasteiger partial charge in [-0.2, -0.15) is 0 Å². The Kier molecular flexibility index (Phi) is 5.86. The fourth-order valence-electron chi connectivity index (χ4n) is 3.30. The number of carboxylic acids is 1. The molecule has 1 aliphatic rings. The van der Waals surface area contributed by atoms with E-state index in [1.807, 2.05) is 12.1 Å². The highest BCUT2D eigenvalue weighted by molar-refractivity contribution is 5.98. The van der Waals surface area contributed by atoms with E-state index in [4.69, 9.17) is 0 Å². The van der Waals surface area contributed by atoms with Crippen molar-refractivity contribution in [3.05, 3.63) is 71.8 Å². The van der Waals surface area contributed by atoms with E-state index in [0.717, 1.165) is 0 Å². The van der Waals surface area contributed by atoms with Gasteiger partial charge in [-0.3, -0.25) is 14.4 Å². The van der Waals surface area contributed by atoms with Gasteiger partial charge in [0.25, 0.3) is 5.91 Å². The number of piperidine rings is 1. The molecule has 0 unspecified atom stereocenters. The van der Waals surface area contributed by atoms with Gasteiger partial charge in [0.1, 0.15) is 6.04 Å². The van der Waals surface area contributed by atoms with Gasteiger partial charge in [-0.15, -0.1) is 0 Å². The molecule has 1 saturated heterocycles. The van der Waals surface area contributed by atoms with E-state index < -0.39 is 17.9 Å². The van der Waals surface area contributed by atoms with E-state index in [-0.39, 0.29) is 18.4 Å². The second kappa shape index (κ2) is 8.49. The Hall–Kier alpha value is -3.15. The number of nitrogens with one attached hydrogen (secondary N) is 1. The summed E-state index contributed by atoms with van der Waals surface area (Å²) in [5.74, 6) is -2.08. The average Bonchev–Trinajstić information content (AvgIpc) is 2.72. The number of nitrogens with zero attached hydrogens (tertiary/aromatic N) is 1. The van der Waals surface area contributed by atoms with Crippen LogP contribution in [0.25, 0.3) is 0 Å². The van der Waals surface area contributed by atoms with Gasteiger partial charge >= 0.3 is 5.97 Å². The third-order valence-electron chi connectivity index (χ3n) is 4.77. The van der Waals surface area contributed by atoms with Gasteiger partial charge in [0, 0.05) is 18.7 Å². The number of aliphatic carboxylic acids is 1. The van der Waals surface area contributed by atoms with E-state index in [2.05, 4.69) is 5.32 Å². The molecule has 1 aliphatic heterocycles. The quantitative estimate of drug-likeness (QED) is 0.851. The molecule has 3 rings (SSSR count). The highest BCUT2D eigenvalue weighted by atomic mass is 16.4. The van der Waals surface area contributed by atoms with Crippen molar-refractivity contribution in [3.63, 3.8) is 0 Å². The smallest absolute Gasteiger partial charge is 0.308 e. The molecule has 0 bridgehead atoms. The molecule has 2 aromatic carbocycles. The predicted molar refractivity (Wildman–Crippen MR) is 100 cm³/mol. The van der Waals surface area contributed by atoms with Crippen LogP contribution in [-0.2, 0) is 9.59 Å². The van der Waals surface area contributed by atoms with Crippen molar-refractivity contribution in [3.8, 4) is 0 Å². The Morgan fingerprint density at radius 1 is 1.00 bits per heavy atom. The summed E-state index contributed by atoms with van der Waals surface area (Å²) in [6.07, 6.45) is 1.20. The Balaban J connectivity index is 1.83. The predicted octanol–water partition coefficient (Wildman–Crippen LogP) is 2.48. The van der Waals surface area contributed by atoms with E-state index in [0.29, 0.717) is 30.5 Å². The fourth-order valence-corrected chi connectivity index (χ4v) is 3.30. The number of likely N-dealkylation sites (tertiary alicyclic amines) is 1. The van der Waals surface area contributed by atoms with Crippen LogP contribution in [-0.4, -0.2) is 40.9 Å². The zero-order valence-electron chi connectivity index (χ0n) is 14.9. The van der Waals surface area contributed by atoms with Crippen LogP contribution in [0.5, 0.6) is 0 Å². The number of benzene rings is 2. The van der Waals surface area contributed by atoms with Crippen LogP contribution >= 0.6 is 0 Å². The van der Waals surface area contributed by atoms with Crippen molar-refractivity contribution >= 4 is 17.8 Å². The number of hydrogen-bond donors (Lipinski definition) is 2. The van der Waals surface area contributed by atoms with E-state index in [1.165, 1.54) is 0 Å². The molecule has 6 nitrogen and oxygen atoms in total. The molecule has 0 saturated carbocycles. The summed E-state index contributed by atoms with van der Waals surface area (Å²) in [6.45, 7) is 0.659. The maximum Gasteiger partial charge on any atom is 0.308 e. The summed E-state index contributed by atoms with van der Waals surface area (Å²) in [5, 5.41) is 12.1. The lowest BCUT2D eigenvalue weighted by Gasteiger charge is -2.33. The maximum absolute atomic E-state index is 13.2. The van der Waals surface area contributed by atoms with Gasteiger partial charge in [-0.25, -0.2) is 0 Å². The zero-order valence-corrected chi connectivity index (χ0v) is 14.9. The lowest BCUT2D eigenvalue weighted by atomic mass is 9.96. The van der Waals surface area contributed by atoms with Gasteiger partial charge in [0.2, 0.25) is 5.91 Å². The number of carboxylic acid groups (broad SMARTS) is 1. The zero-order chi connectivity index (χ0) is 19.2. The van der Waals surface area contributed by atoms with Crippen LogP contribution in [0.3, 0.4) is 0 Å². The van der Waals surface area contributed by atoms with Crippen LogP contribution in [0.2, 0.25) is 0 Å². The second-order valence-corrected chi connectivity index (χ2v) is 6.64. The first-order chi connectivity index (χ1) is 13.1. The molecule has 1 fully saturated rings. The topological polar surface area (TPSA) is 86.7 Å². The van der Waals surface area contributed by atoms with Gasteiger partial charge in [-0.05, 0) is 30.5 Å². The van der Waals surface area contributed by atoms with E-state index in [9.17, 15) is 19.5 Å². The first-order valence-corrected chi connectivity index (χ1v) is 8.98. The number of carbonyl (C=O) groups excluding carboxylic acids is 2. The number of rotatable bonds is 5. The normalized spacial score (nSPS) is 17.8. The monoisotopic (exact) mass is 366 g/mol. The molecule has 6 heteroatoms. The van der Waals surface area contributed by atoms with Crippen molar-refractivity contribution in [2.45, 2.75) is 18.9 Å².